The minimum atomic E-state index is 0.304. The number of nitrogens with zero attached hydrogens (tertiary/aromatic N) is 1. The Morgan fingerprint density at radius 2 is 2.00 bits per heavy atom. The molecule has 17 heavy (non-hydrogen) atoms. The Morgan fingerprint density at radius 3 is 2.53 bits per heavy atom. The molecule has 0 heterocycles. The second-order valence-electron chi connectivity index (χ2n) is 5.47. The van der Waals surface area contributed by atoms with E-state index >= 15 is 0 Å². The molecular weight excluding hydrogens is 212 g/mol. The van der Waals surface area contributed by atoms with E-state index in [2.05, 4.69) is 13.8 Å². The molecule has 0 aromatic rings. The van der Waals surface area contributed by atoms with Gasteiger partial charge in [0.25, 0.3) is 0 Å². The van der Waals surface area contributed by atoms with Gasteiger partial charge in [0.2, 0.25) is 5.91 Å². The van der Waals surface area contributed by atoms with Gasteiger partial charge >= 0.3 is 0 Å². The van der Waals surface area contributed by atoms with Crippen molar-refractivity contribution in [1.29, 1.82) is 0 Å². The lowest BCUT2D eigenvalue weighted by Crippen LogP contribution is -2.38. The first-order valence-corrected chi connectivity index (χ1v) is 7.09. The molecule has 3 nitrogen and oxygen atoms in total. The summed E-state index contributed by atoms with van der Waals surface area (Å²) >= 11 is 0. The smallest absolute Gasteiger partial charge is 0.222 e. The average Bonchev–Trinajstić information content (AvgIpc) is 2.30. The molecule has 0 aromatic heterocycles. The van der Waals surface area contributed by atoms with Crippen LogP contribution in [0.15, 0.2) is 0 Å². The van der Waals surface area contributed by atoms with E-state index in [1.807, 2.05) is 11.9 Å². The molecule has 1 aliphatic carbocycles. The fourth-order valence-corrected chi connectivity index (χ4v) is 2.95. The summed E-state index contributed by atoms with van der Waals surface area (Å²) in [4.78, 5) is 14.1. The van der Waals surface area contributed by atoms with Crippen molar-refractivity contribution in [3.63, 3.8) is 0 Å². The van der Waals surface area contributed by atoms with Crippen molar-refractivity contribution in [3.8, 4) is 0 Å². The van der Waals surface area contributed by atoms with Gasteiger partial charge in [0.1, 0.15) is 0 Å². The van der Waals surface area contributed by atoms with Crippen LogP contribution < -0.4 is 5.73 Å². The van der Waals surface area contributed by atoms with Crippen LogP contribution in [0.25, 0.3) is 0 Å². The maximum Gasteiger partial charge on any atom is 0.222 e. The Kier molecular flexibility index (Phi) is 5.96. The molecule has 1 fully saturated rings. The van der Waals surface area contributed by atoms with E-state index in [1.54, 1.807) is 0 Å². The van der Waals surface area contributed by atoms with Crippen molar-refractivity contribution in [2.45, 2.75) is 70.9 Å². The lowest BCUT2D eigenvalue weighted by molar-refractivity contribution is -0.133. The lowest BCUT2D eigenvalue weighted by Gasteiger charge is -2.30. The van der Waals surface area contributed by atoms with Gasteiger partial charge in [0.15, 0.2) is 0 Å². The highest BCUT2D eigenvalue weighted by Gasteiger charge is 2.24. The number of rotatable bonds is 5. The van der Waals surface area contributed by atoms with Crippen LogP contribution in [-0.4, -0.2) is 29.9 Å². The summed E-state index contributed by atoms with van der Waals surface area (Å²) in [5.41, 5.74) is 5.96. The second kappa shape index (κ2) is 7.00. The standard InChI is InChI=1S/C14H28N2O/c1-4-13(5-2)16(3)14(17)10-11-7-6-8-12(15)9-11/h11-13H,4-10,15H2,1-3H3. The maximum atomic E-state index is 12.2. The molecule has 0 saturated heterocycles. The fraction of sp³-hybridized carbons (Fsp3) is 0.929. The zero-order chi connectivity index (χ0) is 12.8. The minimum absolute atomic E-state index is 0.304. The first kappa shape index (κ1) is 14.5. The highest BCUT2D eigenvalue weighted by Crippen LogP contribution is 2.26. The van der Waals surface area contributed by atoms with Crippen LogP contribution >= 0.6 is 0 Å². The van der Waals surface area contributed by atoms with Gasteiger partial charge in [-0.1, -0.05) is 20.3 Å². The molecule has 100 valence electrons. The summed E-state index contributed by atoms with van der Waals surface area (Å²) in [6.45, 7) is 4.29. The summed E-state index contributed by atoms with van der Waals surface area (Å²) < 4.78 is 0. The van der Waals surface area contributed by atoms with Crippen LogP contribution in [0.3, 0.4) is 0 Å². The summed E-state index contributed by atoms with van der Waals surface area (Å²) in [6.07, 6.45) is 7.31. The minimum Gasteiger partial charge on any atom is -0.343 e. The van der Waals surface area contributed by atoms with Gasteiger partial charge in [0.05, 0.1) is 0 Å². The largest absolute Gasteiger partial charge is 0.343 e. The third-order valence-electron chi connectivity index (χ3n) is 4.17. The Labute approximate surface area is 106 Å². The van der Waals surface area contributed by atoms with E-state index in [-0.39, 0.29) is 0 Å². The summed E-state index contributed by atoms with van der Waals surface area (Å²) in [5, 5.41) is 0. The molecule has 0 aliphatic heterocycles. The fourth-order valence-electron chi connectivity index (χ4n) is 2.95. The van der Waals surface area contributed by atoms with E-state index in [9.17, 15) is 4.79 Å². The van der Waals surface area contributed by atoms with Gasteiger partial charge in [-0.2, -0.15) is 0 Å². The molecule has 2 atom stereocenters. The third-order valence-corrected chi connectivity index (χ3v) is 4.17. The quantitative estimate of drug-likeness (QED) is 0.802. The molecule has 1 rings (SSSR count). The van der Waals surface area contributed by atoms with Crippen molar-refractivity contribution in [3.05, 3.63) is 0 Å². The molecule has 0 radical (unpaired) electrons. The number of carbonyl (C=O) groups is 1. The lowest BCUT2D eigenvalue weighted by atomic mass is 9.84. The van der Waals surface area contributed by atoms with Crippen molar-refractivity contribution in [1.82, 2.24) is 4.90 Å². The molecular formula is C14H28N2O. The predicted molar refractivity (Wildman–Crippen MR) is 71.7 cm³/mol. The van der Waals surface area contributed by atoms with E-state index in [0.717, 1.165) is 25.7 Å². The Balaban J connectivity index is 2.42. The molecule has 0 bridgehead atoms. The first-order valence-electron chi connectivity index (χ1n) is 7.09. The molecule has 2 unspecified atom stereocenters. The molecule has 1 aliphatic rings. The van der Waals surface area contributed by atoms with Gasteiger partial charge in [-0.25, -0.2) is 0 Å². The highest BCUT2D eigenvalue weighted by atomic mass is 16.2. The van der Waals surface area contributed by atoms with Crippen LogP contribution in [0.5, 0.6) is 0 Å². The number of amides is 1. The van der Waals surface area contributed by atoms with E-state index in [4.69, 9.17) is 5.73 Å². The monoisotopic (exact) mass is 240 g/mol. The van der Waals surface area contributed by atoms with Gasteiger partial charge in [-0.15, -0.1) is 0 Å². The van der Waals surface area contributed by atoms with Gasteiger partial charge in [-0.05, 0) is 38.0 Å². The van der Waals surface area contributed by atoms with Crippen molar-refractivity contribution < 1.29 is 4.79 Å². The summed E-state index contributed by atoms with van der Waals surface area (Å²) in [7, 11) is 1.95. The van der Waals surface area contributed by atoms with Crippen LogP contribution in [0.1, 0.15) is 58.8 Å². The first-order chi connectivity index (χ1) is 8.08. The molecule has 3 heteroatoms. The van der Waals surface area contributed by atoms with Gasteiger partial charge in [0, 0.05) is 25.6 Å². The molecule has 0 spiro atoms. The average molecular weight is 240 g/mol. The summed E-state index contributed by atoms with van der Waals surface area (Å²) in [5.74, 6) is 0.820. The normalized spacial score (nSPS) is 25.0. The number of hydrogen-bond acceptors (Lipinski definition) is 2. The van der Waals surface area contributed by atoms with E-state index < -0.39 is 0 Å². The van der Waals surface area contributed by atoms with Crippen molar-refractivity contribution in [2.75, 3.05) is 7.05 Å². The Bertz CT molecular complexity index is 238. The van der Waals surface area contributed by atoms with Gasteiger partial charge in [-0.3, -0.25) is 4.79 Å². The third kappa shape index (κ3) is 4.30. The number of nitrogens with two attached hydrogens (primary N) is 1. The van der Waals surface area contributed by atoms with Crippen molar-refractivity contribution in [2.24, 2.45) is 11.7 Å². The maximum absolute atomic E-state index is 12.2. The molecule has 1 saturated carbocycles. The second-order valence-corrected chi connectivity index (χ2v) is 5.47. The predicted octanol–water partition coefficient (Wildman–Crippen LogP) is 2.54. The zero-order valence-corrected chi connectivity index (χ0v) is 11.6. The summed E-state index contributed by atoms with van der Waals surface area (Å²) in [6, 6.07) is 0.722. The number of hydrogen-bond donors (Lipinski definition) is 1. The zero-order valence-electron chi connectivity index (χ0n) is 11.6. The Morgan fingerprint density at radius 1 is 1.35 bits per heavy atom. The highest BCUT2D eigenvalue weighted by molar-refractivity contribution is 5.76. The van der Waals surface area contributed by atoms with Crippen LogP contribution in [0.4, 0.5) is 0 Å². The number of carbonyl (C=O) groups excluding carboxylic acids is 1. The molecule has 0 aromatic carbocycles. The van der Waals surface area contributed by atoms with Crippen molar-refractivity contribution >= 4 is 5.91 Å². The van der Waals surface area contributed by atoms with E-state index in [0.29, 0.717) is 30.3 Å². The molecule has 1 amide bonds. The SMILES string of the molecule is CCC(CC)N(C)C(=O)CC1CCCC(N)C1. The van der Waals surface area contributed by atoms with Crippen LogP contribution in [0, 0.1) is 5.92 Å². The van der Waals surface area contributed by atoms with Crippen LogP contribution in [0.2, 0.25) is 0 Å². The van der Waals surface area contributed by atoms with E-state index in [1.165, 1.54) is 12.8 Å². The Hall–Kier alpha value is -0.570. The topological polar surface area (TPSA) is 46.3 Å². The van der Waals surface area contributed by atoms with Crippen LogP contribution in [-0.2, 0) is 4.79 Å². The molecule has 2 N–H and O–H groups in total. The van der Waals surface area contributed by atoms with Gasteiger partial charge < -0.3 is 10.6 Å².